The van der Waals surface area contributed by atoms with Crippen molar-refractivity contribution >= 4 is 15.9 Å². The molecule has 0 aromatic carbocycles. The van der Waals surface area contributed by atoms with Gasteiger partial charge in [-0.05, 0) is 20.8 Å². The van der Waals surface area contributed by atoms with Gasteiger partial charge in [0.2, 0.25) is 0 Å². The van der Waals surface area contributed by atoms with Crippen LogP contribution >= 0.6 is 0 Å². The number of amides is 1. The third-order valence-corrected chi connectivity index (χ3v) is 5.16. The molecule has 2 heterocycles. The van der Waals surface area contributed by atoms with Crippen LogP contribution in [0.4, 0.5) is 4.79 Å². The van der Waals surface area contributed by atoms with Crippen molar-refractivity contribution in [3.63, 3.8) is 0 Å². The fourth-order valence-corrected chi connectivity index (χ4v) is 3.84. The first-order valence-electron chi connectivity index (χ1n) is 6.59. The maximum absolute atomic E-state index is 11.9. The van der Waals surface area contributed by atoms with Crippen molar-refractivity contribution in [3.05, 3.63) is 0 Å². The molecule has 0 N–H and O–H groups in total. The Bertz CT molecular complexity index is 435. The molecular weight excluding hydrogens is 268 g/mol. The van der Waals surface area contributed by atoms with Crippen LogP contribution in [0.25, 0.3) is 0 Å². The van der Waals surface area contributed by atoms with E-state index >= 15 is 0 Å². The Kier molecular flexibility index (Phi) is 3.79. The highest BCUT2D eigenvalue weighted by Crippen LogP contribution is 2.19. The zero-order chi connectivity index (χ0) is 14.3. The number of carbonyl (C=O) groups is 1. The third kappa shape index (κ3) is 3.82. The molecule has 0 spiro atoms. The van der Waals surface area contributed by atoms with E-state index in [1.165, 1.54) is 0 Å². The Morgan fingerprint density at radius 1 is 1.11 bits per heavy atom. The summed E-state index contributed by atoms with van der Waals surface area (Å²) >= 11 is 0. The van der Waals surface area contributed by atoms with E-state index in [1.54, 1.807) is 4.90 Å². The van der Waals surface area contributed by atoms with Gasteiger partial charge in [-0.1, -0.05) is 0 Å². The molecule has 0 unspecified atom stereocenters. The first kappa shape index (κ1) is 14.6. The van der Waals surface area contributed by atoms with Crippen molar-refractivity contribution in [2.45, 2.75) is 32.4 Å². The zero-order valence-corrected chi connectivity index (χ0v) is 12.6. The molecule has 2 aliphatic heterocycles. The maximum atomic E-state index is 11.9. The van der Waals surface area contributed by atoms with Gasteiger partial charge in [-0.15, -0.1) is 0 Å². The van der Waals surface area contributed by atoms with E-state index in [-0.39, 0.29) is 23.6 Å². The molecule has 2 fully saturated rings. The van der Waals surface area contributed by atoms with Crippen LogP contribution in [0.5, 0.6) is 0 Å². The molecule has 2 saturated heterocycles. The second kappa shape index (κ2) is 4.94. The summed E-state index contributed by atoms with van der Waals surface area (Å²) in [5, 5.41) is 0. The number of nitrogens with zero attached hydrogens (tertiary/aromatic N) is 2. The quantitative estimate of drug-likeness (QED) is 0.696. The van der Waals surface area contributed by atoms with E-state index in [9.17, 15) is 13.2 Å². The highest BCUT2D eigenvalue weighted by Gasteiger charge is 2.39. The number of hydrogen-bond donors (Lipinski definition) is 0. The summed E-state index contributed by atoms with van der Waals surface area (Å²) in [6.45, 7) is 8.19. The van der Waals surface area contributed by atoms with E-state index in [0.29, 0.717) is 13.1 Å². The Morgan fingerprint density at radius 3 is 2.05 bits per heavy atom. The molecule has 110 valence electrons. The van der Waals surface area contributed by atoms with Crippen molar-refractivity contribution in [1.82, 2.24) is 9.80 Å². The first-order valence-corrected chi connectivity index (χ1v) is 8.41. The number of hydrogen-bond acceptors (Lipinski definition) is 5. The molecule has 0 bridgehead atoms. The lowest BCUT2D eigenvalue weighted by molar-refractivity contribution is 0.0115. The normalized spacial score (nSPS) is 24.9. The van der Waals surface area contributed by atoms with Crippen molar-refractivity contribution < 1.29 is 17.9 Å². The number of carbonyl (C=O) groups excluding carboxylic acids is 1. The Balaban J connectivity index is 1.78. The SMILES string of the molecule is CC(C)(C)OC(=O)N1CCN(C2CS(=O)(=O)C2)CC1. The number of piperazine rings is 1. The summed E-state index contributed by atoms with van der Waals surface area (Å²) in [6.07, 6.45) is -0.284. The fourth-order valence-electron chi connectivity index (χ4n) is 2.34. The Labute approximate surface area is 114 Å². The minimum absolute atomic E-state index is 0.144. The van der Waals surface area contributed by atoms with Gasteiger partial charge in [0.25, 0.3) is 0 Å². The average Bonchev–Trinajstić information content (AvgIpc) is 2.23. The molecule has 0 aliphatic carbocycles. The topological polar surface area (TPSA) is 66.9 Å². The molecular formula is C12H22N2O4S. The molecule has 2 rings (SSSR count). The molecule has 7 heteroatoms. The van der Waals surface area contributed by atoms with Crippen LogP contribution in [-0.2, 0) is 14.6 Å². The van der Waals surface area contributed by atoms with Crippen LogP contribution in [0.3, 0.4) is 0 Å². The number of sulfone groups is 1. The summed E-state index contributed by atoms with van der Waals surface area (Å²) in [5.74, 6) is 0.527. The van der Waals surface area contributed by atoms with Crippen molar-refractivity contribution in [1.29, 1.82) is 0 Å². The number of ether oxygens (including phenoxy) is 1. The second-order valence-electron chi connectivity index (χ2n) is 6.23. The van der Waals surface area contributed by atoms with E-state index in [4.69, 9.17) is 4.74 Å². The molecule has 0 radical (unpaired) electrons. The summed E-state index contributed by atoms with van der Waals surface area (Å²) in [5.41, 5.74) is -0.476. The van der Waals surface area contributed by atoms with Crippen LogP contribution in [0.2, 0.25) is 0 Å². The summed E-state index contributed by atoms with van der Waals surface area (Å²) in [6, 6.07) is 0.144. The van der Waals surface area contributed by atoms with Gasteiger partial charge in [0, 0.05) is 32.2 Å². The predicted molar refractivity (Wildman–Crippen MR) is 71.8 cm³/mol. The van der Waals surface area contributed by atoms with Crippen LogP contribution in [0.15, 0.2) is 0 Å². The van der Waals surface area contributed by atoms with Gasteiger partial charge in [-0.2, -0.15) is 0 Å². The largest absolute Gasteiger partial charge is 0.444 e. The Morgan fingerprint density at radius 2 is 1.63 bits per heavy atom. The van der Waals surface area contributed by atoms with E-state index in [1.807, 2.05) is 20.8 Å². The van der Waals surface area contributed by atoms with Crippen LogP contribution < -0.4 is 0 Å². The van der Waals surface area contributed by atoms with Gasteiger partial charge in [-0.3, -0.25) is 4.90 Å². The van der Waals surface area contributed by atoms with Gasteiger partial charge >= 0.3 is 6.09 Å². The van der Waals surface area contributed by atoms with Gasteiger partial charge in [-0.25, -0.2) is 13.2 Å². The van der Waals surface area contributed by atoms with Gasteiger partial charge in [0.15, 0.2) is 9.84 Å². The molecule has 0 saturated carbocycles. The van der Waals surface area contributed by atoms with Crippen LogP contribution in [0.1, 0.15) is 20.8 Å². The van der Waals surface area contributed by atoms with Gasteiger partial charge in [0.05, 0.1) is 11.5 Å². The number of rotatable bonds is 1. The van der Waals surface area contributed by atoms with Crippen molar-refractivity contribution in [2.24, 2.45) is 0 Å². The monoisotopic (exact) mass is 290 g/mol. The Hall–Kier alpha value is -0.820. The summed E-state index contributed by atoms with van der Waals surface area (Å²) in [4.78, 5) is 15.7. The average molecular weight is 290 g/mol. The lowest BCUT2D eigenvalue weighted by Crippen LogP contribution is -2.59. The highest BCUT2D eigenvalue weighted by atomic mass is 32.2. The highest BCUT2D eigenvalue weighted by molar-refractivity contribution is 7.92. The molecule has 6 nitrogen and oxygen atoms in total. The molecule has 0 atom stereocenters. The smallest absolute Gasteiger partial charge is 0.410 e. The van der Waals surface area contributed by atoms with Crippen molar-refractivity contribution in [2.75, 3.05) is 37.7 Å². The van der Waals surface area contributed by atoms with E-state index in [0.717, 1.165) is 13.1 Å². The van der Waals surface area contributed by atoms with Crippen LogP contribution in [0, 0.1) is 0 Å². The molecule has 0 aromatic heterocycles. The first-order chi connectivity index (χ1) is 8.66. The third-order valence-electron chi connectivity index (χ3n) is 3.37. The maximum Gasteiger partial charge on any atom is 0.410 e. The fraction of sp³-hybridized carbons (Fsp3) is 0.917. The summed E-state index contributed by atoms with van der Waals surface area (Å²) in [7, 11) is -2.78. The molecule has 0 aromatic rings. The lowest BCUT2D eigenvalue weighted by Gasteiger charge is -2.42. The lowest BCUT2D eigenvalue weighted by atomic mass is 10.2. The minimum atomic E-state index is -2.78. The van der Waals surface area contributed by atoms with Gasteiger partial charge < -0.3 is 9.64 Å². The summed E-state index contributed by atoms with van der Waals surface area (Å²) < 4.78 is 27.6. The minimum Gasteiger partial charge on any atom is -0.444 e. The van der Waals surface area contributed by atoms with E-state index < -0.39 is 15.4 Å². The molecule has 2 aliphatic rings. The standard InChI is InChI=1S/C12H22N2O4S/c1-12(2,3)18-11(15)14-6-4-13(5-7-14)10-8-19(16,17)9-10/h10H,4-9H2,1-3H3. The van der Waals surface area contributed by atoms with Crippen LogP contribution in [-0.4, -0.2) is 73.6 Å². The van der Waals surface area contributed by atoms with Crippen molar-refractivity contribution in [3.8, 4) is 0 Å². The predicted octanol–water partition coefficient (Wildman–Crippen LogP) is 0.336. The van der Waals surface area contributed by atoms with Gasteiger partial charge in [0.1, 0.15) is 5.60 Å². The molecule has 19 heavy (non-hydrogen) atoms. The molecule has 1 amide bonds. The zero-order valence-electron chi connectivity index (χ0n) is 11.8. The van der Waals surface area contributed by atoms with E-state index in [2.05, 4.69) is 4.90 Å². The second-order valence-corrected chi connectivity index (χ2v) is 8.39.